The third-order valence-corrected chi connectivity index (χ3v) is 4.64. The van der Waals surface area contributed by atoms with Gasteiger partial charge >= 0.3 is 0 Å². The van der Waals surface area contributed by atoms with E-state index in [1.807, 2.05) is 12.4 Å². The predicted molar refractivity (Wildman–Crippen MR) is 71.3 cm³/mol. The number of pyridine rings is 1. The van der Waals surface area contributed by atoms with E-state index in [9.17, 15) is 0 Å². The number of ether oxygens (including phenoxy) is 1. The molecule has 98 valence electrons. The first-order valence-electron chi connectivity index (χ1n) is 7.04. The van der Waals surface area contributed by atoms with Gasteiger partial charge in [0.15, 0.2) is 0 Å². The van der Waals surface area contributed by atoms with Gasteiger partial charge in [-0.3, -0.25) is 4.98 Å². The van der Waals surface area contributed by atoms with Gasteiger partial charge in [-0.25, -0.2) is 0 Å². The van der Waals surface area contributed by atoms with Crippen molar-refractivity contribution in [3.8, 4) is 0 Å². The van der Waals surface area contributed by atoms with E-state index in [1.165, 1.54) is 31.2 Å². The molecule has 1 aromatic heterocycles. The lowest BCUT2D eigenvalue weighted by Gasteiger charge is -2.48. The summed E-state index contributed by atoms with van der Waals surface area (Å²) in [4.78, 5) is 4.11. The van der Waals surface area contributed by atoms with Gasteiger partial charge in [0.2, 0.25) is 0 Å². The lowest BCUT2D eigenvalue weighted by atomic mass is 9.70. The van der Waals surface area contributed by atoms with Crippen molar-refractivity contribution in [3.63, 3.8) is 0 Å². The van der Waals surface area contributed by atoms with Crippen molar-refractivity contribution in [2.45, 2.75) is 43.7 Å². The van der Waals surface area contributed by atoms with Crippen LogP contribution in [0.3, 0.4) is 0 Å². The van der Waals surface area contributed by atoms with Gasteiger partial charge in [0.1, 0.15) is 0 Å². The minimum absolute atomic E-state index is 0.227. The van der Waals surface area contributed by atoms with E-state index in [0.717, 1.165) is 13.0 Å². The van der Waals surface area contributed by atoms with Gasteiger partial charge < -0.3 is 10.1 Å². The first kappa shape index (κ1) is 12.1. The maximum absolute atomic E-state index is 6.02. The molecule has 0 amide bonds. The van der Waals surface area contributed by atoms with Crippen molar-refractivity contribution in [2.24, 2.45) is 5.92 Å². The molecule has 1 spiro atoms. The Morgan fingerprint density at radius 1 is 1.39 bits per heavy atom. The smallest absolute Gasteiger partial charge is 0.0686 e. The van der Waals surface area contributed by atoms with E-state index in [4.69, 9.17) is 4.74 Å². The molecule has 1 aliphatic carbocycles. The molecule has 18 heavy (non-hydrogen) atoms. The molecular weight excluding hydrogens is 224 g/mol. The van der Waals surface area contributed by atoms with Crippen LogP contribution in [0.5, 0.6) is 0 Å². The van der Waals surface area contributed by atoms with Crippen LogP contribution in [0, 0.1) is 5.92 Å². The lowest BCUT2D eigenvalue weighted by Crippen LogP contribution is -2.47. The van der Waals surface area contributed by atoms with Gasteiger partial charge in [-0.05, 0) is 62.8 Å². The van der Waals surface area contributed by atoms with E-state index in [1.54, 1.807) is 0 Å². The largest absolute Gasteiger partial charge is 0.375 e. The number of hydrogen-bond donors (Lipinski definition) is 1. The third kappa shape index (κ3) is 2.17. The molecule has 2 unspecified atom stereocenters. The van der Waals surface area contributed by atoms with Crippen LogP contribution < -0.4 is 5.32 Å². The quantitative estimate of drug-likeness (QED) is 0.890. The molecule has 0 aromatic carbocycles. The van der Waals surface area contributed by atoms with Crippen LogP contribution in [0.15, 0.2) is 24.5 Å². The zero-order chi connectivity index (χ0) is 12.4. The summed E-state index contributed by atoms with van der Waals surface area (Å²) in [5.74, 6) is 0.687. The third-order valence-electron chi connectivity index (χ3n) is 4.64. The number of aromatic nitrogens is 1. The Morgan fingerprint density at radius 3 is 2.78 bits per heavy atom. The monoisotopic (exact) mass is 246 g/mol. The Morgan fingerprint density at radius 2 is 2.17 bits per heavy atom. The second kappa shape index (κ2) is 4.98. The van der Waals surface area contributed by atoms with Gasteiger partial charge in [-0.1, -0.05) is 0 Å². The molecule has 3 heteroatoms. The molecule has 3 rings (SSSR count). The first-order valence-corrected chi connectivity index (χ1v) is 7.04. The van der Waals surface area contributed by atoms with Gasteiger partial charge in [0, 0.05) is 25.0 Å². The molecule has 1 saturated carbocycles. The topological polar surface area (TPSA) is 34.2 Å². The summed E-state index contributed by atoms with van der Waals surface area (Å²) >= 11 is 0. The molecule has 0 radical (unpaired) electrons. The molecule has 2 aliphatic rings. The summed E-state index contributed by atoms with van der Waals surface area (Å²) in [7, 11) is 2.06. The van der Waals surface area contributed by atoms with E-state index in [-0.39, 0.29) is 5.60 Å². The van der Waals surface area contributed by atoms with Crippen molar-refractivity contribution >= 4 is 0 Å². The molecule has 2 atom stereocenters. The summed E-state index contributed by atoms with van der Waals surface area (Å²) < 4.78 is 6.02. The van der Waals surface area contributed by atoms with Crippen LogP contribution in [0.25, 0.3) is 0 Å². The van der Waals surface area contributed by atoms with Crippen LogP contribution in [0.4, 0.5) is 0 Å². The average molecular weight is 246 g/mol. The van der Waals surface area contributed by atoms with Crippen molar-refractivity contribution in [3.05, 3.63) is 30.1 Å². The average Bonchev–Trinajstić information content (AvgIpc) is 2.39. The van der Waals surface area contributed by atoms with Gasteiger partial charge in [0.25, 0.3) is 0 Å². The SMILES string of the molecule is CNC(c1ccncc1)C1CCOC2(CCC2)C1. The van der Waals surface area contributed by atoms with E-state index >= 15 is 0 Å². The van der Waals surface area contributed by atoms with Crippen LogP contribution in [0.1, 0.15) is 43.7 Å². The minimum atomic E-state index is 0.227. The molecule has 0 bridgehead atoms. The summed E-state index contributed by atoms with van der Waals surface area (Å²) in [5, 5.41) is 3.49. The van der Waals surface area contributed by atoms with Crippen molar-refractivity contribution in [1.29, 1.82) is 0 Å². The predicted octanol–water partition coefficient (Wildman–Crippen LogP) is 2.69. The highest BCUT2D eigenvalue weighted by Crippen LogP contribution is 2.47. The fourth-order valence-corrected chi connectivity index (χ4v) is 3.52. The van der Waals surface area contributed by atoms with Crippen molar-refractivity contribution < 1.29 is 4.74 Å². The number of nitrogens with zero attached hydrogens (tertiary/aromatic N) is 1. The Balaban J connectivity index is 1.75. The van der Waals surface area contributed by atoms with Crippen LogP contribution >= 0.6 is 0 Å². The Kier molecular flexibility index (Phi) is 3.35. The molecule has 3 nitrogen and oxygen atoms in total. The van der Waals surface area contributed by atoms with E-state index < -0.39 is 0 Å². The standard InChI is InChI=1S/C15H22N2O/c1-16-14(12-3-8-17-9-4-12)13-5-10-18-15(11-13)6-2-7-15/h3-4,8-9,13-14,16H,2,5-7,10-11H2,1H3. The number of hydrogen-bond acceptors (Lipinski definition) is 3. The highest BCUT2D eigenvalue weighted by molar-refractivity contribution is 5.17. The fourth-order valence-electron chi connectivity index (χ4n) is 3.52. The van der Waals surface area contributed by atoms with E-state index in [0.29, 0.717) is 12.0 Å². The molecule has 1 saturated heterocycles. The minimum Gasteiger partial charge on any atom is -0.375 e. The van der Waals surface area contributed by atoms with Crippen LogP contribution in [0.2, 0.25) is 0 Å². The lowest BCUT2D eigenvalue weighted by molar-refractivity contribution is -0.147. The van der Waals surface area contributed by atoms with Crippen LogP contribution in [-0.2, 0) is 4.74 Å². The fraction of sp³-hybridized carbons (Fsp3) is 0.667. The maximum Gasteiger partial charge on any atom is 0.0686 e. The second-order valence-electron chi connectivity index (χ2n) is 5.68. The molecule has 2 heterocycles. The normalized spacial score (nSPS) is 27.7. The zero-order valence-electron chi connectivity index (χ0n) is 11.1. The van der Waals surface area contributed by atoms with Crippen molar-refractivity contribution in [1.82, 2.24) is 10.3 Å². The Hall–Kier alpha value is -0.930. The molecular formula is C15H22N2O. The molecule has 1 aromatic rings. The first-order chi connectivity index (χ1) is 8.83. The summed E-state index contributed by atoms with van der Waals surface area (Å²) in [6.45, 7) is 0.925. The van der Waals surface area contributed by atoms with Crippen molar-refractivity contribution in [2.75, 3.05) is 13.7 Å². The zero-order valence-corrected chi connectivity index (χ0v) is 11.1. The summed E-state index contributed by atoms with van der Waals surface area (Å²) in [6, 6.07) is 4.70. The molecule has 1 aliphatic heterocycles. The highest BCUT2D eigenvalue weighted by atomic mass is 16.5. The van der Waals surface area contributed by atoms with Crippen LogP contribution in [-0.4, -0.2) is 24.2 Å². The highest BCUT2D eigenvalue weighted by Gasteiger charge is 2.44. The summed E-state index contributed by atoms with van der Waals surface area (Å²) in [5.41, 5.74) is 1.58. The molecule has 1 N–H and O–H groups in total. The number of rotatable bonds is 3. The van der Waals surface area contributed by atoms with Gasteiger partial charge in [-0.2, -0.15) is 0 Å². The molecule has 2 fully saturated rings. The Bertz CT molecular complexity index is 389. The number of nitrogens with one attached hydrogen (secondary N) is 1. The maximum atomic E-state index is 6.02. The second-order valence-corrected chi connectivity index (χ2v) is 5.68. The van der Waals surface area contributed by atoms with Gasteiger partial charge in [0.05, 0.1) is 5.60 Å². The van der Waals surface area contributed by atoms with Gasteiger partial charge in [-0.15, -0.1) is 0 Å². The summed E-state index contributed by atoms with van der Waals surface area (Å²) in [6.07, 6.45) is 10.0. The Labute approximate surface area is 109 Å². The van der Waals surface area contributed by atoms with E-state index in [2.05, 4.69) is 29.5 Å².